The first-order chi connectivity index (χ1) is 8.98. The standard InChI is InChI=1S/C14H17F2NO2/c15-11-3-4-12(16)10(8-11)2-5-13(18)17-9-14(19)6-1-7-14/h3-4,8,19H,1-2,5-7,9H2,(H,17,18). The van der Waals surface area contributed by atoms with E-state index in [2.05, 4.69) is 5.32 Å². The molecule has 0 aromatic heterocycles. The summed E-state index contributed by atoms with van der Waals surface area (Å²) in [6, 6.07) is 3.20. The molecular weight excluding hydrogens is 252 g/mol. The minimum atomic E-state index is -0.764. The van der Waals surface area contributed by atoms with Crippen LogP contribution < -0.4 is 5.32 Å². The van der Waals surface area contributed by atoms with Gasteiger partial charge in [0, 0.05) is 13.0 Å². The molecule has 2 N–H and O–H groups in total. The maximum absolute atomic E-state index is 13.3. The minimum Gasteiger partial charge on any atom is -0.388 e. The largest absolute Gasteiger partial charge is 0.388 e. The van der Waals surface area contributed by atoms with E-state index in [0.717, 1.165) is 24.6 Å². The van der Waals surface area contributed by atoms with E-state index < -0.39 is 17.2 Å². The molecule has 0 spiro atoms. The Morgan fingerprint density at radius 2 is 2.11 bits per heavy atom. The number of carbonyl (C=O) groups excluding carboxylic acids is 1. The van der Waals surface area contributed by atoms with Gasteiger partial charge < -0.3 is 10.4 Å². The number of rotatable bonds is 5. The average molecular weight is 269 g/mol. The molecule has 19 heavy (non-hydrogen) atoms. The summed E-state index contributed by atoms with van der Waals surface area (Å²) in [6.45, 7) is 0.234. The zero-order valence-electron chi connectivity index (χ0n) is 10.6. The third-order valence-corrected chi connectivity index (χ3v) is 3.53. The van der Waals surface area contributed by atoms with E-state index in [1.54, 1.807) is 0 Å². The molecule has 1 aromatic rings. The lowest BCUT2D eigenvalue weighted by Crippen LogP contribution is -2.47. The number of hydrogen-bond acceptors (Lipinski definition) is 2. The van der Waals surface area contributed by atoms with Gasteiger partial charge in [-0.25, -0.2) is 8.78 Å². The monoisotopic (exact) mass is 269 g/mol. The van der Waals surface area contributed by atoms with Crippen molar-refractivity contribution in [1.29, 1.82) is 0 Å². The molecule has 104 valence electrons. The van der Waals surface area contributed by atoms with Crippen molar-refractivity contribution in [3.05, 3.63) is 35.4 Å². The van der Waals surface area contributed by atoms with E-state index in [9.17, 15) is 18.7 Å². The fourth-order valence-electron chi connectivity index (χ4n) is 2.10. The van der Waals surface area contributed by atoms with Gasteiger partial charge >= 0.3 is 0 Å². The Balaban J connectivity index is 1.78. The smallest absolute Gasteiger partial charge is 0.220 e. The molecule has 3 nitrogen and oxygen atoms in total. The molecule has 1 aliphatic carbocycles. The number of amides is 1. The van der Waals surface area contributed by atoms with Crippen molar-refractivity contribution in [2.24, 2.45) is 0 Å². The van der Waals surface area contributed by atoms with Gasteiger partial charge in [0.15, 0.2) is 0 Å². The second-order valence-electron chi connectivity index (χ2n) is 5.09. The first-order valence-electron chi connectivity index (χ1n) is 6.42. The van der Waals surface area contributed by atoms with E-state index in [4.69, 9.17) is 0 Å². The lowest BCUT2D eigenvalue weighted by Gasteiger charge is -2.36. The maximum Gasteiger partial charge on any atom is 0.220 e. The molecular formula is C14H17F2NO2. The highest BCUT2D eigenvalue weighted by atomic mass is 19.1. The van der Waals surface area contributed by atoms with Crippen molar-refractivity contribution >= 4 is 5.91 Å². The summed E-state index contributed by atoms with van der Waals surface area (Å²) < 4.78 is 26.2. The number of aryl methyl sites for hydroxylation is 1. The van der Waals surface area contributed by atoms with Crippen molar-refractivity contribution < 1.29 is 18.7 Å². The Bertz CT molecular complexity index is 473. The second kappa shape index (κ2) is 5.65. The Morgan fingerprint density at radius 3 is 2.74 bits per heavy atom. The van der Waals surface area contributed by atoms with Crippen LogP contribution in [0.1, 0.15) is 31.2 Å². The molecule has 1 aromatic carbocycles. The van der Waals surface area contributed by atoms with Crippen molar-refractivity contribution in [1.82, 2.24) is 5.32 Å². The van der Waals surface area contributed by atoms with Crippen molar-refractivity contribution in [2.75, 3.05) is 6.54 Å². The number of aliphatic hydroxyl groups is 1. The van der Waals surface area contributed by atoms with Crippen LogP contribution in [0.15, 0.2) is 18.2 Å². The fraction of sp³-hybridized carbons (Fsp3) is 0.500. The van der Waals surface area contributed by atoms with Crippen LogP contribution in [0.25, 0.3) is 0 Å². The number of halogens is 2. The molecule has 5 heteroatoms. The molecule has 0 aliphatic heterocycles. The molecule has 1 aliphatic rings. The van der Waals surface area contributed by atoms with Crippen LogP contribution in [0.5, 0.6) is 0 Å². The van der Waals surface area contributed by atoms with E-state index in [0.29, 0.717) is 12.8 Å². The zero-order chi connectivity index (χ0) is 13.9. The molecule has 0 saturated heterocycles. The van der Waals surface area contributed by atoms with Crippen LogP contribution in [-0.4, -0.2) is 23.2 Å². The SMILES string of the molecule is O=C(CCc1cc(F)ccc1F)NCC1(O)CCC1. The quantitative estimate of drug-likeness (QED) is 0.858. The van der Waals surface area contributed by atoms with Gasteiger partial charge in [-0.05, 0) is 49.4 Å². The van der Waals surface area contributed by atoms with E-state index in [1.807, 2.05) is 0 Å². The van der Waals surface area contributed by atoms with Crippen LogP contribution >= 0.6 is 0 Å². The maximum atomic E-state index is 13.3. The van der Waals surface area contributed by atoms with Crippen LogP contribution in [0.4, 0.5) is 8.78 Å². The topological polar surface area (TPSA) is 49.3 Å². The summed E-state index contributed by atoms with van der Waals surface area (Å²) in [6.07, 6.45) is 2.60. The minimum absolute atomic E-state index is 0.0798. The van der Waals surface area contributed by atoms with Gasteiger partial charge in [0.2, 0.25) is 5.91 Å². The summed E-state index contributed by atoms with van der Waals surface area (Å²) in [7, 11) is 0. The van der Waals surface area contributed by atoms with Gasteiger partial charge in [-0.15, -0.1) is 0 Å². The van der Waals surface area contributed by atoms with Crippen molar-refractivity contribution in [3.8, 4) is 0 Å². The first-order valence-corrected chi connectivity index (χ1v) is 6.42. The van der Waals surface area contributed by atoms with Gasteiger partial charge in [-0.2, -0.15) is 0 Å². The zero-order valence-corrected chi connectivity index (χ0v) is 10.6. The third-order valence-electron chi connectivity index (χ3n) is 3.53. The summed E-state index contributed by atoms with van der Waals surface area (Å²) in [4.78, 5) is 11.6. The Labute approximate surface area is 110 Å². The number of nitrogens with one attached hydrogen (secondary N) is 1. The van der Waals surface area contributed by atoms with Gasteiger partial charge in [0.05, 0.1) is 5.60 Å². The van der Waals surface area contributed by atoms with E-state index >= 15 is 0 Å². The van der Waals surface area contributed by atoms with Crippen LogP contribution in [0, 0.1) is 11.6 Å². The first kappa shape index (κ1) is 13.9. The molecule has 1 amide bonds. The number of carbonyl (C=O) groups is 1. The van der Waals surface area contributed by atoms with Gasteiger partial charge in [0.1, 0.15) is 11.6 Å². The third kappa shape index (κ3) is 3.73. The van der Waals surface area contributed by atoms with Gasteiger partial charge in [0.25, 0.3) is 0 Å². The Morgan fingerprint density at radius 1 is 1.37 bits per heavy atom. The molecule has 1 saturated carbocycles. The highest BCUT2D eigenvalue weighted by molar-refractivity contribution is 5.76. The lowest BCUT2D eigenvalue weighted by atomic mass is 9.80. The van der Waals surface area contributed by atoms with E-state index in [1.165, 1.54) is 0 Å². The molecule has 0 bridgehead atoms. The molecule has 1 fully saturated rings. The normalized spacial score (nSPS) is 16.8. The van der Waals surface area contributed by atoms with Crippen LogP contribution in [0.3, 0.4) is 0 Å². The summed E-state index contributed by atoms with van der Waals surface area (Å²) >= 11 is 0. The number of benzene rings is 1. The number of hydrogen-bond donors (Lipinski definition) is 2. The predicted octanol–water partition coefficient (Wildman–Crippen LogP) is 1.93. The van der Waals surface area contributed by atoms with E-state index in [-0.39, 0.29) is 30.9 Å². The molecule has 0 atom stereocenters. The Kier molecular flexibility index (Phi) is 4.14. The summed E-state index contributed by atoms with van der Waals surface area (Å²) in [5, 5.41) is 12.4. The molecule has 0 heterocycles. The predicted molar refractivity (Wildman–Crippen MR) is 66.5 cm³/mol. The molecule has 0 unspecified atom stereocenters. The summed E-state index contributed by atoms with van der Waals surface area (Å²) in [5.74, 6) is -1.28. The highest BCUT2D eigenvalue weighted by Gasteiger charge is 2.34. The van der Waals surface area contributed by atoms with Crippen LogP contribution in [0.2, 0.25) is 0 Å². The Hall–Kier alpha value is -1.49. The van der Waals surface area contributed by atoms with Gasteiger partial charge in [-0.1, -0.05) is 0 Å². The van der Waals surface area contributed by atoms with Crippen molar-refractivity contribution in [3.63, 3.8) is 0 Å². The second-order valence-corrected chi connectivity index (χ2v) is 5.09. The average Bonchev–Trinajstić information content (AvgIpc) is 2.35. The van der Waals surface area contributed by atoms with Crippen LogP contribution in [-0.2, 0) is 11.2 Å². The lowest BCUT2D eigenvalue weighted by molar-refractivity contribution is -0.123. The fourth-order valence-corrected chi connectivity index (χ4v) is 2.10. The van der Waals surface area contributed by atoms with Gasteiger partial charge in [-0.3, -0.25) is 4.79 Å². The molecule has 2 rings (SSSR count). The molecule has 0 radical (unpaired) electrons. The van der Waals surface area contributed by atoms with Crippen molar-refractivity contribution in [2.45, 2.75) is 37.7 Å². The summed E-state index contributed by atoms with van der Waals surface area (Å²) in [5.41, 5.74) is -0.572. The highest BCUT2D eigenvalue weighted by Crippen LogP contribution is 2.30.